The van der Waals surface area contributed by atoms with Crippen molar-refractivity contribution < 1.29 is 23.8 Å². The molecule has 0 radical (unpaired) electrons. The minimum Gasteiger partial charge on any atom is -0.477 e. The SMILES string of the molecule is N.O=C(O)c1ccc2nc(CN3CCC(c4ccnc(OCc5ccc(Cl)cc5F)n4)CC3)n(C[C@@H]3CCO3)c2n1. The summed E-state index contributed by atoms with van der Waals surface area (Å²) >= 11 is 5.83. The Morgan fingerprint density at radius 3 is 2.63 bits per heavy atom. The van der Waals surface area contributed by atoms with Gasteiger partial charge in [0.2, 0.25) is 0 Å². The van der Waals surface area contributed by atoms with Gasteiger partial charge in [-0.3, -0.25) is 4.90 Å². The number of likely N-dealkylation sites (tertiary alicyclic amines) is 1. The minimum absolute atomic E-state index is 0. The second-order valence-electron chi connectivity index (χ2n) is 10.1. The smallest absolute Gasteiger partial charge is 0.354 e. The third-order valence-corrected chi connectivity index (χ3v) is 7.70. The highest BCUT2D eigenvalue weighted by Gasteiger charge is 2.26. The summed E-state index contributed by atoms with van der Waals surface area (Å²) in [5.74, 6) is -0.390. The number of imidazole rings is 1. The van der Waals surface area contributed by atoms with Gasteiger partial charge >= 0.3 is 12.0 Å². The highest BCUT2D eigenvalue weighted by molar-refractivity contribution is 6.30. The maximum atomic E-state index is 14.1. The number of ether oxygens (including phenoxy) is 2. The Kier molecular flexibility index (Phi) is 8.74. The highest BCUT2D eigenvalue weighted by atomic mass is 35.5. The fourth-order valence-corrected chi connectivity index (χ4v) is 5.29. The number of aromatic nitrogens is 5. The van der Waals surface area contributed by atoms with Gasteiger partial charge in [-0.25, -0.2) is 24.1 Å². The van der Waals surface area contributed by atoms with Gasteiger partial charge in [-0.2, -0.15) is 4.98 Å². The van der Waals surface area contributed by atoms with E-state index >= 15 is 0 Å². The number of fused-ring (bicyclic) bond motifs is 1. The monoisotopic (exact) mass is 583 g/mol. The first kappa shape index (κ1) is 28.8. The van der Waals surface area contributed by atoms with Crippen LogP contribution in [0.3, 0.4) is 0 Å². The maximum absolute atomic E-state index is 14.1. The molecule has 0 saturated carbocycles. The Bertz CT molecular complexity index is 1540. The number of rotatable bonds is 9. The van der Waals surface area contributed by atoms with Gasteiger partial charge in [0.25, 0.3) is 0 Å². The number of nitrogens with zero attached hydrogens (tertiary/aromatic N) is 6. The lowest BCUT2D eigenvalue weighted by Gasteiger charge is -2.32. The van der Waals surface area contributed by atoms with Gasteiger partial charge < -0.3 is 25.3 Å². The standard InChI is InChI=1S/C28H28ClFN6O4.H3N/c29-19-2-1-18(21(30)13-19)16-40-28-31-9-5-22(34-28)17-6-10-35(11-7-17)15-25-32-23-3-4-24(27(37)38)33-26(23)36(25)14-20-8-12-39-20;/h1-5,9,13,17,20H,6-8,10-12,14-16H2,(H,37,38);1H3/t20-;/m0./s1. The van der Waals surface area contributed by atoms with Crippen LogP contribution in [0.4, 0.5) is 4.39 Å². The average molecular weight is 584 g/mol. The molecule has 3 aromatic heterocycles. The van der Waals surface area contributed by atoms with Crippen molar-refractivity contribution in [3.63, 3.8) is 0 Å². The predicted molar refractivity (Wildman–Crippen MR) is 149 cm³/mol. The molecule has 13 heteroatoms. The summed E-state index contributed by atoms with van der Waals surface area (Å²) in [4.78, 5) is 31.8. The molecule has 0 bridgehead atoms. The Labute approximate surface area is 240 Å². The Hall–Kier alpha value is -3.71. The number of pyridine rings is 1. The Morgan fingerprint density at radius 1 is 1.12 bits per heavy atom. The quantitative estimate of drug-likeness (QED) is 0.285. The molecule has 41 heavy (non-hydrogen) atoms. The van der Waals surface area contributed by atoms with Gasteiger partial charge in [0.05, 0.1) is 24.9 Å². The molecule has 2 fully saturated rings. The number of carboxylic acid groups (broad SMARTS) is 1. The molecule has 6 rings (SSSR count). The van der Waals surface area contributed by atoms with Crippen LogP contribution in [0.2, 0.25) is 5.02 Å². The van der Waals surface area contributed by atoms with Crippen LogP contribution in [-0.2, 0) is 24.4 Å². The third kappa shape index (κ3) is 6.46. The summed E-state index contributed by atoms with van der Waals surface area (Å²) in [7, 11) is 0. The number of aromatic carboxylic acids is 1. The summed E-state index contributed by atoms with van der Waals surface area (Å²) in [6.07, 6.45) is 4.52. The first-order valence-electron chi connectivity index (χ1n) is 13.3. The molecule has 0 unspecified atom stereocenters. The second-order valence-corrected chi connectivity index (χ2v) is 10.5. The molecule has 2 aliphatic heterocycles. The van der Waals surface area contributed by atoms with E-state index in [0.29, 0.717) is 34.8 Å². The molecule has 11 nitrogen and oxygen atoms in total. The number of carboxylic acids is 1. The molecule has 4 aromatic rings. The summed E-state index contributed by atoms with van der Waals surface area (Å²) in [6.45, 7) is 3.67. The van der Waals surface area contributed by atoms with Gasteiger partial charge in [0.1, 0.15) is 23.8 Å². The highest BCUT2D eigenvalue weighted by Crippen LogP contribution is 2.29. The fourth-order valence-electron chi connectivity index (χ4n) is 5.13. The molecule has 216 valence electrons. The van der Waals surface area contributed by atoms with Gasteiger partial charge in [-0.1, -0.05) is 17.7 Å². The van der Waals surface area contributed by atoms with Crippen molar-refractivity contribution in [2.75, 3.05) is 19.7 Å². The molecule has 5 heterocycles. The topological polar surface area (TPSA) is 150 Å². The molecular formula is C28H31ClFN7O4. The van der Waals surface area contributed by atoms with E-state index in [9.17, 15) is 14.3 Å². The van der Waals surface area contributed by atoms with Gasteiger partial charge in [0, 0.05) is 29.3 Å². The number of hydrogen-bond donors (Lipinski definition) is 2. The van der Waals surface area contributed by atoms with Crippen molar-refractivity contribution in [3.8, 4) is 6.01 Å². The molecule has 2 aliphatic rings. The number of hydrogen-bond acceptors (Lipinski definition) is 9. The van der Waals surface area contributed by atoms with E-state index in [-0.39, 0.29) is 36.5 Å². The summed E-state index contributed by atoms with van der Waals surface area (Å²) in [6, 6.07) is 9.79. The van der Waals surface area contributed by atoms with Crippen LogP contribution < -0.4 is 10.9 Å². The normalized spacial score (nSPS) is 17.7. The van der Waals surface area contributed by atoms with Crippen LogP contribution >= 0.6 is 11.6 Å². The van der Waals surface area contributed by atoms with Crippen molar-refractivity contribution in [1.29, 1.82) is 0 Å². The van der Waals surface area contributed by atoms with E-state index in [1.165, 1.54) is 12.1 Å². The zero-order valence-electron chi connectivity index (χ0n) is 22.4. The van der Waals surface area contributed by atoms with Gasteiger partial charge in [-0.15, -0.1) is 0 Å². The van der Waals surface area contributed by atoms with E-state index < -0.39 is 11.8 Å². The zero-order chi connectivity index (χ0) is 27.6. The van der Waals surface area contributed by atoms with Crippen molar-refractivity contribution in [2.24, 2.45) is 0 Å². The lowest BCUT2D eigenvalue weighted by Crippen LogP contribution is -2.35. The molecule has 1 aromatic carbocycles. The number of benzene rings is 1. The third-order valence-electron chi connectivity index (χ3n) is 7.47. The average Bonchev–Trinajstić information content (AvgIpc) is 3.26. The Morgan fingerprint density at radius 2 is 1.93 bits per heavy atom. The largest absolute Gasteiger partial charge is 0.477 e. The molecule has 0 amide bonds. The predicted octanol–water partition coefficient (Wildman–Crippen LogP) is 4.62. The van der Waals surface area contributed by atoms with Crippen molar-refractivity contribution in [3.05, 3.63) is 76.2 Å². The van der Waals surface area contributed by atoms with Crippen LogP contribution in [-0.4, -0.2) is 66.3 Å². The number of halogens is 2. The lowest BCUT2D eigenvalue weighted by atomic mass is 9.93. The molecule has 4 N–H and O–H groups in total. The van der Waals surface area contributed by atoms with Crippen LogP contribution in [0.1, 0.15) is 52.8 Å². The van der Waals surface area contributed by atoms with E-state index in [1.807, 2.05) is 10.6 Å². The molecule has 1 atom stereocenters. The van der Waals surface area contributed by atoms with E-state index in [2.05, 4.69) is 19.9 Å². The molecular weight excluding hydrogens is 553 g/mol. The second kappa shape index (κ2) is 12.4. The van der Waals surface area contributed by atoms with E-state index in [0.717, 1.165) is 50.5 Å². The summed E-state index contributed by atoms with van der Waals surface area (Å²) in [5, 5.41) is 9.75. The fraction of sp³-hybridized carbons (Fsp3) is 0.393. The zero-order valence-corrected chi connectivity index (χ0v) is 23.1. The summed E-state index contributed by atoms with van der Waals surface area (Å²) in [5.41, 5.74) is 2.55. The minimum atomic E-state index is -1.06. The number of carbonyl (C=O) groups is 1. The number of piperidine rings is 1. The molecule has 0 aliphatic carbocycles. The van der Waals surface area contributed by atoms with Crippen LogP contribution in [0.15, 0.2) is 42.6 Å². The first-order valence-corrected chi connectivity index (χ1v) is 13.6. The van der Waals surface area contributed by atoms with E-state index in [1.54, 1.807) is 24.4 Å². The van der Waals surface area contributed by atoms with Crippen molar-refractivity contribution in [2.45, 2.75) is 51.0 Å². The van der Waals surface area contributed by atoms with Crippen LogP contribution in [0.5, 0.6) is 6.01 Å². The summed E-state index contributed by atoms with van der Waals surface area (Å²) < 4.78 is 27.4. The van der Waals surface area contributed by atoms with Crippen molar-refractivity contribution >= 4 is 28.7 Å². The van der Waals surface area contributed by atoms with Gasteiger partial charge in [-0.05, 0) is 62.7 Å². The van der Waals surface area contributed by atoms with Crippen LogP contribution in [0.25, 0.3) is 11.2 Å². The van der Waals surface area contributed by atoms with Gasteiger partial charge in [0.15, 0.2) is 11.3 Å². The lowest BCUT2D eigenvalue weighted by molar-refractivity contribution is -0.0593. The Balaban J connectivity index is 0.00000337. The molecule has 2 saturated heterocycles. The first-order chi connectivity index (χ1) is 19.4. The maximum Gasteiger partial charge on any atom is 0.354 e. The van der Waals surface area contributed by atoms with Crippen molar-refractivity contribution in [1.82, 2.24) is 35.6 Å². The van der Waals surface area contributed by atoms with Crippen LogP contribution in [0, 0.1) is 5.82 Å². The van der Waals surface area contributed by atoms with E-state index in [4.69, 9.17) is 26.1 Å². The molecule has 0 spiro atoms.